The van der Waals surface area contributed by atoms with Gasteiger partial charge in [0.2, 0.25) is 5.91 Å². The number of nitrogens with two attached hydrogens (primary N) is 1. The van der Waals surface area contributed by atoms with E-state index in [-0.39, 0.29) is 17.5 Å². The first-order chi connectivity index (χ1) is 9.97. The Morgan fingerprint density at radius 3 is 2.62 bits per heavy atom. The van der Waals surface area contributed by atoms with E-state index in [1.807, 2.05) is 0 Å². The van der Waals surface area contributed by atoms with E-state index in [2.05, 4.69) is 21.2 Å². The van der Waals surface area contributed by atoms with Crippen molar-refractivity contribution in [3.63, 3.8) is 0 Å². The van der Waals surface area contributed by atoms with Gasteiger partial charge in [0, 0.05) is 4.47 Å². The number of nitrogens with one attached hydrogen (secondary N) is 1. The molecule has 2 aromatic rings. The first-order valence-electron chi connectivity index (χ1n) is 6.10. The van der Waals surface area contributed by atoms with Gasteiger partial charge >= 0.3 is 0 Å². The first-order valence-corrected chi connectivity index (χ1v) is 6.89. The fourth-order valence-electron chi connectivity index (χ4n) is 1.85. The summed E-state index contributed by atoms with van der Waals surface area (Å²) in [4.78, 5) is 23.2. The normalized spacial score (nSPS) is 10.2. The van der Waals surface area contributed by atoms with E-state index in [4.69, 9.17) is 5.73 Å². The van der Waals surface area contributed by atoms with Crippen LogP contribution in [0.15, 0.2) is 46.9 Å². The second-order valence-electron chi connectivity index (χ2n) is 4.37. The summed E-state index contributed by atoms with van der Waals surface area (Å²) in [5.41, 5.74) is 6.01. The summed E-state index contributed by atoms with van der Waals surface area (Å²) in [5.74, 6) is -1.53. The highest BCUT2D eigenvalue weighted by Crippen LogP contribution is 2.18. The molecule has 0 unspecified atom stereocenters. The van der Waals surface area contributed by atoms with Crippen LogP contribution in [0.1, 0.15) is 15.9 Å². The molecule has 0 atom stereocenters. The number of carbonyl (C=O) groups excluding carboxylic acids is 2. The summed E-state index contributed by atoms with van der Waals surface area (Å²) in [6.45, 7) is 0. The number of halogens is 2. The lowest BCUT2D eigenvalue weighted by Crippen LogP contribution is -2.19. The zero-order chi connectivity index (χ0) is 15.4. The lowest BCUT2D eigenvalue weighted by atomic mass is 10.1. The number of benzene rings is 2. The van der Waals surface area contributed by atoms with Gasteiger partial charge < -0.3 is 11.1 Å². The molecule has 3 N–H and O–H groups in total. The smallest absolute Gasteiger partial charge is 0.250 e. The van der Waals surface area contributed by atoms with Crippen molar-refractivity contribution in [3.05, 3.63) is 63.9 Å². The monoisotopic (exact) mass is 350 g/mol. The maximum Gasteiger partial charge on any atom is 0.250 e. The van der Waals surface area contributed by atoms with Gasteiger partial charge in [0.1, 0.15) is 5.82 Å². The van der Waals surface area contributed by atoms with Crippen molar-refractivity contribution in [1.29, 1.82) is 0 Å². The maximum absolute atomic E-state index is 13.6. The van der Waals surface area contributed by atoms with Crippen molar-refractivity contribution < 1.29 is 14.0 Å². The van der Waals surface area contributed by atoms with E-state index >= 15 is 0 Å². The lowest BCUT2D eigenvalue weighted by molar-refractivity contribution is -0.115. The molecular weight excluding hydrogens is 339 g/mol. The Morgan fingerprint density at radius 2 is 1.90 bits per heavy atom. The molecule has 0 spiro atoms. The Bertz CT molecular complexity index is 704. The van der Waals surface area contributed by atoms with Gasteiger partial charge in [-0.2, -0.15) is 0 Å². The van der Waals surface area contributed by atoms with Crippen LogP contribution in [0, 0.1) is 5.82 Å². The number of carbonyl (C=O) groups is 2. The third kappa shape index (κ3) is 3.88. The summed E-state index contributed by atoms with van der Waals surface area (Å²) in [6, 6.07) is 10.8. The number of hydrogen-bond donors (Lipinski definition) is 2. The van der Waals surface area contributed by atoms with E-state index in [0.717, 1.165) is 0 Å². The van der Waals surface area contributed by atoms with Crippen molar-refractivity contribution in [1.82, 2.24) is 0 Å². The summed E-state index contributed by atoms with van der Waals surface area (Å²) in [7, 11) is 0. The fraction of sp³-hybridized carbons (Fsp3) is 0.0667. The van der Waals surface area contributed by atoms with E-state index in [1.165, 1.54) is 18.2 Å². The maximum atomic E-state index is 13.6. The quantitative estimate of drug-likeness (QED) is 0.889. The van der Waals surface area contributed by atoms with Crippen LogP contribution in [0.25, 0.3) is 0 Å². The van der Waals surface area contributed by atoms with Crippen molar-refractivity contribution in [2.24, 2.45) is 5.73 Å². The van der Waals surface area contributed by atoms with Crippen LogP contribution in [-0.2, 0) is 11.2 Å². The van der Waals surface area contributed by atoms with Gasteiger partial charge in [-0.05, 0) is 35.9 Å². The highest BCUT2D eigenvalue weighted by Gasteiger charge is 2.12. The Balaban J connectivity index is 2.16. The van der Waals surface area contributed by atoms with Gasteiger partial charge in [-0.25, -0.2) is 4.39 Å². The molecule has 0 radical (unpaired) electrons. The van der Waals surface area contributed by atoms with Gasteiger partial charge in [0.05, 0.1) is 17.7 Å². The fourth-order valence-corrected chi connectivity index (χ4v) is 2.26. The van der Waals surface area contributed by atoms with E-state index in [0.29, 0.717) is 10.2 Å². The highest BCUT2D eigenvalue weighted by atomic mass is 79.9. The van der Waals surface area contributed by atoms with Crippen LogP contribution < -0.4 is 11.1 Å². The zero-order valence-corrected chi connectivity index (χ0v) is 12.5. The van der Waals surface area contributed by atoms with E-state index < -0.39 is 17.6 Å². The third-order valence-electron chi connectivity index (χ3n) is 2.83. The van der Waals surface area contributed by atoms with Gasteiger partial charge in [-0.15, -0.1) is 0 Å². The average molecular weight is 351 g/mol. The van der Waals surface area contributed by atoms with Crippen LogP contribution in [0.3, 0.4) is 0 Å². The SMILES string of the molecule is NC(=O)c1ccccc1NC(=O)Cc1cc(Br)ccc1F. The molecule has 2 rings (SSSR count). The zero-order valence-electron chi connectivity index (χ0n) is 10.9. The largest absolute Gasteiger partial charge is 0.366 e. The molecule has 0 aliphatic rings. The minimum atomic E-state index is -0.639. The summed E-state index contributed by atoms with van der Waals surface area (Å²) in [6.07, 6.45) is -0.141. The van der Waals surface area contributed by atoms with Gasteiger partial charge in [-0.1, -0.05) is 28.1 Å². The Morgan fingerprint density at radius 1 is 1.19 bits per heavy atom. The summed E-state index contributed by atoms with van der Waals surface area (Å²) >= 11 is 3.22. The molecule has 6 heteroatoms. The van der Waals surface area contributed by atoms with Gasteiger partial charge in [0.25, 0.3) is 5.91 Å². The van der Waals surface area contributed by atoms with Crippen LogP contribution in [-0.4, -0.2) is 11.8 Å². The van der Waals surface area contributed by atoms with Crippen LogP contribution in [0.4, 0.5) is 10.1 Å². The number of rotatable bonds is 4. The van der Waals surface area contributed by atoms with Gasteiger partial charge in [-0.3, -0.25) is 9.59 Å². The molecular formula is C15H12BrFN2O2. The predicted molar refractivity (Wildman–Crippen MR) is 81.4 cm³/mol. The Kier molecular flexibility index (Phi) is 4.70. The topological polar surface area (TPSA) is 72.2 Å². The molecule has 0 heterocycles. The van der Waals surface area contributed by atoms with Crippen molar-refractivity contribution >= 4 is 33.4 Å². The minimum Gasteiger partial charge on any atom is -0.366 e. The molecule has 0 bridgehead atoms. The van der Waals surface area contributed by atoms with Gasteiger partial charge in [0.15, 0.2) is 0 Å². The summed E-state index contributed by atoms with van der Waals surface area (Å²) < 4.78 is 14.3. The standard InChI is InChI=1S/C15H12BrFN2O2/c16-10-5-6-12(17)9(7-10)8-14(20)19-13-4-2-1-3-11(13)15(18)21/h1-7H,8H2,(H2,18,21)(H,19,20). The molecule has 0 fully saturated rings. The molecule has 2 amide bonds. The Hall–Kier alpha value is -2.21. The minimum absolute atomic E-state index is 0.141. The van der Waals surface area contributed by atoms with Crippen LogP contribution in [0.2, 0.25) is 0 Å². The van der Waals surface area contributed by atoms with Crippen LogP contribution in [0.5, 0.6) is 0 Å². The number of para-hydroxylation sites is 1. The van der Waals surface area contributed by atoms with Crippen LogP contribution >= 0.6 is 15.9 Å². The van der Waals surface area contributed by atoms with Crippen molar-refractivity contribution in [3.8, 4) is 0 Å². The molecule has 2 aromatic carbocycles. The second kappa shape index (κ2) is 6.49. The van der Waals surface area contributed by atoms with E-state index in [9.17, 15) is 14.0 Å². The number of anilines is 1. The molecule has 0 aliphatic heterocycles. The van der Waals surface area contributed by atoms with Crippen molar-refractivity contribution in [2.75, 3.05) is 5.32 Å². The molecule has 21 heavy (non-hydrogen) atoms. The summed E-state index contributed by atoms with van der Waals surface area (Å²) in [5, 5.41) is 2.57. The molecule has 0 saturated carbocycles. The average Bonchev–Trinajstić information content (AvgIpc) is 2.43. The molecule has 0 aromatic heterocycles. The lowest BCUT2D eigenvalue weighted by Gasteiger charge is -2.09. The predicted octanol–water partition coefficient (Wildman–Crippen LogP) is 2.87. The van der Waals surface area contributed by atoms with Crippen molar-refractivity contribution in [2.45, 2.75) is 6.42 Å². The molecule has 0 saturated heterocycles. The second-order valence-corrected chi connectivity index (χ2v) is 5.29. The Labute approximate surface area is 129 Å². The highest BCUT2D eigenvalue weighted by molar-refractivity contribution is 9.10. The number of hydrogen-bond acceptors (Lipinski definition) is 2. The third-order valence-corrected chi connectivity index (χ3v) is 3.32. The molecule has 0 aliphatic carbocycles. The number of primary amides is 1. The molecule has 108 valence electrons. The van der Waals surface area contributed by atoms with E-state index in [1.54, 1.807) is 24.3 Å². The first kappa shape index (κ1) is 15.2. The molecule has 4 nitrogen and oxygen atoms in total. The number of amides is 2.